The number of aryl methyl sites for hydroxylation is 2. The molecule has 5 aromatic heterocycles. The summed E-state index contributed by atoms with van der Waals surface area (Å²) in [6.45, 7) is 3.40. The molecule has 0 aliphatic heterocycles. The van der Waals surface area contributed by atoms with Crippen molar-refractivity contribution >= 4 is 95.9 Å². The van der Waals surface area contributed by atoms with Gasteiger partial charge in [-0.1, -0.05) is 11.6 Å². The summed E-state index contributed by atoms with van der Waals surface area (Å²) in [5, 5.41) is 25.8. The van der Waals surface area contributed by atoms with Gasteiger partial charge in [0.1, 0.15) is 6.07 Å². The summed E-state index contributed by atoms with van der Waals surface area (Å²) < 4.78 is 9.51. The fourth-order valence-electron chi connectivity index (χ4n) is 3.12. The number of carbonyl (C=O) groups is 1. The normalized spacial score (nSPS) is 9.82. The van der Waals surface area contributed by atoms with Crippen molar-refractivity contribution in [1.29, 1.82) is 5.26 Å². The number of nitriles is 1. The second kappa shape index (κ2) is 20.1. The van der Waals surface area contributed by atoms with Gasteiger partial charge in [-0.15, -0.1) is 0 Å². The number of rotatable bonds is 3. The maximum absolute atomic E-state index is 11.1. The zero-order valence-electron chi connectivity index (χ0n) is 25.9. The molecule has 0 unspecified atom stereocenters. The van der Waals surface area contributed by atoms with Gasteiger partial charge in [0.2, 0.25) is 10.8 Å². The first-order valence-electron chi connectivity index (χ1n) is 13.0. The number of pyridine rings is 4. The molecule has 51 heavy (non-hydrogen) atoms. The lowest BCUT2D eigenvalue weighted by atomic mass is 10.2. The maximum Gasteiger partial charge on any atom is 0.339 e. The summed E-state index contributed by atoms with van der Waals surface area (Å²) in [4.78, 5) is 62.2. The Kier molecular flexibility index (Phi) is 17.1. The number of primary amides is 1. The molecule has 5 heterocycles. The fourth-order valence-corrected chi connectivity index (χ4v) is 3.29. The summed E-state index contributed by atoms with van der Waals surface area (Å²) in [7, 11) is 0. The zero-order valence-corrected chi connectivity index (χ0v) is 29.8. The van der Waals surface area contributed by atoms with Crippen LogP contribution in [0.3, 0.4) is 0 Å². The van der Waals surface area contributed by atoms with E-state index in [-0.39, 0.29) is 39.2 Å². The number of halogens is 4. The van der Waals surface area contributed by atoms with Crippen molar-refractivity contribution in [2.75, 3.05) is 17.2 Å². The lowest BCUT2D eigenvalue weighted by molar-refractivity contribution is -0.385. The number of anilines is 3. The van der Waals surface area contributed by atoms with Crippen molar-refractivity contribution < 1.29 is 19.2 Å². The minimum absolute atomic E-state index is 0.0548. The molecule has 5 aromatic rings. The van der Waals surface area contributed by atoms with Gasteiger partial charge in [0.25, 0.3) is 11.5 Å². The van der Waals surface area contributed by atoms with Crippen LogP contribution in [0.2, 0.25) is 5.15 Å². The lowest BCUT2D eigenvalue weighted by Crippen LogP contribution is -2.15. The Hall–Kier alpha value is -5.71. The van der Waals surface area contributed by atoms with Gasteiger partial charge in [-0.2, -0.15) is 5.26 Å². The number of hydrogen-bond donors (Lipinski definition) is 5. The van der Waals surface area contributed by atoms with E-state index in [4.69, 9.17) is 39.8 Å². The minimum Gasteiger partial charge on any atom is -0.397 e. The van der Waals surface area contributed by atoms with Gasteiger partial charge in [-0.3, -0.25) is 34.4 Å². The SMILES string of the molecule is Cc1cnc(C#N)c([N+](=O)[O-])c1.Cc1cnc(Cl)c([N+](=O)[O-])c1.NC(=O)c1ncc(N)cc1N.Nc1cnc2c(=O)[nH]cnc2c1.O=P(Cl)(Cl)Cl. The topological polar surface area (TPSA) is 346 Å². The minimum atomic E-state index is -3.22. The number of hydrogen-bond acceptors (Lipinski definition) is 16. The van der Waals surface area contributed by atoms with E-state index in [1.807, 2.05) is 0 Å². The number of aromatic nitrogens is 6. The highest BCUT2D eigenvalue weighted by Crippen LogP contribution is 2.61. The third-order valence-corrected chi connectivity index (χ3v) is 5.43. The second-order valence-corrected chi connectivity index (χ2v) is 16.2. The molecule has 0 aromatic carbocycles. The summed E-state index contributed by atoms with van der Waals surface area (Å²) >= 11 is 19.3. The van der Waals surface area contributed by atoms with E-state index in [1.54, 1.807) is 26.0 Å². The van der Waals surface area contributed by atoms with Gasteiger partial charge in [0.05, 0.1) is 51.1 Å². The molecule has 1 amide bonds. The third kappa shape index (κ3) is 16.0. The first-order chi connectivity index (χ1) is 23.6. The van der Waals surface area contributed by atoms with Crippen molar-refractivity contribution in [2.24, 2.45) is 5.73 Å². The first-order valence-corrected chi connectivity index (χ1v) is 17.8. The predicted octanol–water partition coefficient (Wildman–Crippen LogP) is 5.18. The van der Waals surface area contributed by atoms with Crippen LogP contribution in [0.15, 0.2) is 60.2 Å². The first kappa shape index (κ1) is 43.3. The van der Waals surface area contributed by atoms with Gasteiger partial charge in [0.15, 0.2) is 11.2 Å². The largest absolute Gasteiger partial charge is 0.397 e. The van der Waals surface area contributed by atoms with Gasteiger partial charge < -0.3 is 27.9 Å². The molecular formula is C26H24Cl4N13O7P. The number of nitrogens with zero attached hydrogens (tertiary/aromatic N) is 8. The summed E-state index contributed by atoms with van der Waals surface area (Å²) in [6, 6.07) is 7.41. The highest BCUT2D eigenvalue weighted by Gasteiger charge is 2.14. The van der Waals surface area contributed by atoms with Crippen molar-refractivity contribution in [2.45, 2.75) is 13.8 Å². The lowest BCUT2D eigenvalue weighted by Gasteiger charge is -1.99. The Morgan fingerprint density at radius 2 is 1.37 bits per heavy atom. The van der Waals surface area contributed by atoms with E-state index in [9.17, 15) is 34.4 Å². The molecule has 0 aliphatic rings. The van der Waals surface area contributed by atoms with Gasteiger partial charge in [-0.25, -0.2) is 24.9 Å². The molecule has 0 saturated heterocycles. The van der Waals surface area contributed by atoms with Crippen molar-refractivity contribution in [3.63, 3.8) is 0 Å². The maximum atomic E-state index is 11.1. The van der Waals surface area contributed by atoms with E-state index < -0.39 is 21.0 Å². The van der Waals surface area contributed by atoms with Gasteiger partial charge in [0, 0.05) is 24.5 Å². The third-order valence-electron chi connectivity index (χ3n) is 5.14. The van der Waals surface area contributed by atoms with Crippen molar-refractivity contribution in [3.05, 3.63) is 114 Å². The average Bonchev–Trinajstić information content (AvgIpc) is 3.02. The molecule has 0 radical (unpaired) electrons. The highest BCUT2D eigenvalue weighted by atomic mass is 36.0. The molecule has 0 spiro atoms. The number of aromatic amines is 1. The Morgan fingerprint density at radius 1 is 0.863 bits per heavy atom. The van der Waals surface area contributed by atoms with E-state index in [0.29, 0.717) is 28.0 Å². The average molecular weight is 803 g/mol. The molecule has 25 heteroatoms. The molecule has 0 aliphatic carbocycles. The number of nitrogens with two attached hydrogens (primary N) is 4. The van der Waals surface area contributed by atoms with E-state index in [2.05, 4.69) is 63.6 Å². The van der Waals surface area contributed by atoms with Crippen LogP contribution in [0.1, 0.15) is 27.3 Å². The van der Waals surface area contributed by atoms with Crippen LogP contribution in [-0.2, 0) is 4.57 Å². The van der Waals surface area contributed by atoms with Crippen LogP contribution >= 0.6 is 50.5 Å². The van der Waals surface area contributed by atoms with Crippen molar-refractivity contribution in [3.8, 4) is 6.07 Å². The Bertz CT molecular complexity index is 2190. The monoisotopic (exact) mass is 801 g/mol. The second-order valence-electron chi connectivity index (χ2n) is 9.17. The Labute approximate surface area is 305 Å². The summed E-state index contributed by atoms with van der Waals surface area (Å²) in [5.74, 6) is -0.650. The molecule has 5 rings (SSSR count). The fraction of sp³-hybridized carbons (Fsp3) is 0.0769. The number of nitro groups is 2. The molecule has 0 atom stereocenters. The quantitative estimate of drug-likeness (QED) is 0.0679. The molecule has 0 fully saturated rings. The predicted molar refractivity (Wildman–Crippen MR) is 192 cm³/mol. The van der Waals surface area contributed by atoms with E-state index >= 15 is 0 Å². The molecule has 9 N–H and O–H groups in total. The van der Waals surface area contributed by atoms with Crippen molar-refractivity contribution in [1.82, 2.24) is 29.9 Å². The van der Waals surface area contributed by atoms with E-state index in [0.717, 1.165) is 5.56 Å². The van der Waals surface area contributed by atoms with Crippen LogP contribution < -0.4 is 28.5 Å². The van der Waals surface area contributed by atoms with Crippen LogP contribution in [0.5, 0.6) is 0 Å². The zero-order chi connectivity index (χ0) is 39.1. The molecule has 0 bridgehead atoms. The summed E-state index contributed by atoms with van der Waals surface area (Å²) in [6.07, 6.45) is 6.99. The number of carbonyl (C=O) groups excluding carboxylic acids is 1. The molecule has 268 valence electrons. The van der Waals surface area contributed by atoms with Crippen LogP contribution in [0.4, 0.5) is 28.4 Å². The standard InChI is InChI=1S/C7H6N4O.C7H5N3O2.C6H5ClN2O2.C6H8N4O.Cl3OP/c8-4-1-5-6(9-2-4)7(12)11-3-10-5;1-5-2-7(10(11)12)6(3-8)9-4-5;1-4-2-5(9(10)11)6(7)8-3-4;7-3-1-4(8)5(6(9)11)10-2-3;1-5(2,3)4/h1-3H,8H2,(H,10,11,12);2,4H,1H3;2-3H,1H3;1-2H,7-8H2,(H2,9,11);. The van der Waals surface area contributed by atoms with Gasteiger partial charge in [-0.05, 0) is 70.8 Å². The highest BCUT2D eigenvalue weighted by molar-refractivity contribution is 8.24. The Balaban J connectivity index is 0.000000326. The Morgan fingerprint density at radius 3 is 1.86 bits per heavy atom. The van der Waals surface area contributed by atoms with Crippen LogP contribution in [0.25, 0.3) is 11.0 Å². The van der Waals surface area contributed by atoms with E-state index in [1.165, 1.54) is 49.3 Å². The number of amides is 1. The number of fused-ring (bicyclic) bond motifs is 1. The molecule has 20 nitrogen and oxygen atoms in total. The number of nitrogens with one attached hydrogen (secondary N) is 1. The van der Waals surface area contributed by atoms with Crippen LogP contribution in [-0.4, -0.2) is 45.7 Å². The summed E-state index contributed by atoms with van der Waals surface area (Å²) in [5.41, 5.74) is 23.7. The molecular weight excluding hydrogens is 779 g/mol. The molecule has 0 saturated carbocycles. The number of nitrogen functional groups attached to an aromatic ring is 3. The smallest absolute Gasteiger partial charge is 0.339 e. The number of H-pyrrole nitrogens is 1. The van der Waals surface area contributed by atoms with Gasteiger partial charge >= 0.3 is 16.6 Å². The van der Waals surface area contributed by atoms with Crippen LogP contribution in [0, 0.1) is 45.4 Å².